The Morgan fingerprint density at radius 3 is 2.85 bits per heavy atom. The van der Waals surface area contributed by atoms with Crippen molar-refractivity contribution < 1.29 is 22.4 Å². The smallest absolute Gasteiger partial charge is 0.267 e. The molecule has 1 fully saturated rings. The van der Waals surface area contributed by atoms with Crippen LogP contribution in [0.3, 0.4) is 0 Å². The van der Waals surface area contributed by atoms with Crippen molar-refractivity contribution in [2.45, 2.75) is 31.7 Å². The summed E-state index contributed by atoms with van der Waals surface area (Å²) in [6, 6.07) is 5.65. The Morgan fingerprint density at radius 1 is 1.35 bits per heavy atom. The minimum absolute atomic E-state index is 0.0339. The highest BCUT2D eigenvalue weighted by atomic mass is 32.2. The molecule has 7 nitrogen and oxygen atoms in total. The van der Waals surface area contributed by atoms with Crippen molar-refractivity contribution >= 4 is 27.4 Å². The molecule has 9 heteroatoms. The van der Waals surface area contributed by atoms with Gasteiger partial charge in [0.25, 0.3) is 5.91 Å². The zero-order valence-corrected chi connectivity index (χ0v) is 15.0. The maximum absolute atomic E-state index is 13.1. The largest absolute Gasteiger partial charge is 0.351 e. The summed E-state index contributed by atoms with van der Waals surface area (Å²) in [7, 11) is -3.15. The first-order valence-electron chi connectivity index (χ1n) is 8.47. The van der Waals surface area contributed by atoms with Gasteiger partial charge in [-0.25, -0.2) is 17.8 Å². The highest BCUT2D eigenvalue weighted by Crippen LogP contribution is 2.22. The first kappa shape index (κ1) is 18.5. The molecule has 140 valence electrons. The van der Waals surface area contributed by atoms with Crippen LogP contribution in [0.5, 0.6) is 0 Å². The predicted octanol–water partition coefficient (Wildman–Crippen LogP) is 0.650. The molecule has 1 aromatic carbocycles. The van der Waals surface area contributed by atoms with E-state index >= 15 is 0 Å². The molecule has 1 saturated heterocycles. The van der Waals surface area contributed by atoms with Crippen molar-refractivity contribution in [2.75, 3.05) is 18.1 Å². The molecule has 0 aliphatic carbocycles. The van der Waals surface area contributed by atoms with Crippen LogP contribution in [0.1, 0.15) is 24.8 Å². The highest BCUT2D eigenvalue weighted by molar-refractivity contribution is 7.91. The Kier molecular flexibility index (Phi) is 5.36. The van der Waals surface area contributed by atoms with Gasteiger partial charge >= 0.3 is 0 Å². The van der Waals surface area contributed by atoms with Gasteiger partial charge in [-0.3, -0.25) is 9.59 Å². The lowest BCUT2D eigenvalue weighted by molar-refractivity contribution is -0.133. The summed E-state index contributed by atoms with van der Waals surface area (Å²) in [5.74, 6) is -1.06. The number of carbonyl (C=O) groups excluding carboxylic acids is 2. The summed E-state index contributed by atoms with van der Waals surface area (Å²) in [5, 5.41) is 7.99. The molecule has 0 aromatic heterocycles. The van der Waals surface area contributed by atoms with E-state index in [0.717, 1.165) is 10.6 Å². The highest BCUT2D eigenvalue weighted by Gasteiger charge is 2.37. The van der Waals surface area contributed by atoms with Gasteiger partial charge in [-0.2, -0.15) is 5.10 Å². The maximum atomic E-state index is 13.1. The number of hydrazone groups is 1. The Hall–Kier alpha value is -2.29. The van der Waals surface area contributed by atoms with Gasteiger partial charge in [0.15, 0.2) is 9.84 Å². The molecule has 3 rings (SSSR count). The van der Waals surface area contributed by atoms with Gasteiger partial charge in [0, 0.05) is 19.4 Å². The van der Waals surface area contributed by atoms with Crippen molar-refractivity contribution in [3.63, 3.8) is 0 Å². The Labute approximate surface area is 151 Å². The third-order valence-electron chi connectivity index (χ3n) is 4.46. The van der Waals surface area contributed by atoms with Crippen LogP contribution in [-0.4, -0.2) is 55.0 Å². The molecule has 0 unspecified atom stereocenters. The summed E-state index contributed by atoms with van der Waals surface area (Å²) >= 11 is 0. The average Bonchev–Trinajstić information content (AvgIpc) is 2.95. The SMILES string of the molecule is O=C(NCCc1cccc(F)c1)C1=NN([C@@H]2CCS(=O)(=O)C2)C(=O)CC1. The Morgan fingerprint density at radius 2 is 2.15 bits per heavy atom. The zero-order valence-electron chi connectivity index (χ0n) is 14.2. The molecule has 0 saturated carbocycles. The summed E-state index contributed by atoms with van der Waals surface area (Å²) in [6.07, 6.45) is 1.17. The fraction of sp³-hybridized carbons (Fsp3) is 0.471. The summed E-state index contributed by atoms with van der Waals surface area (Å²) < 4.78 is 36.4. The van der Waals surface area contributed by atoms with Gasteiger partial charge in [0.05, 0.1) is 17.5 Å². The molecular weight excluding hydrogens is 361 g/mol. The lowest BCUT2D eigenvalue weighted by Crippen LogP contribution is -2.44. The van der Waals surface area contributed by atoms with Crippen LogP contribution < -0.4 is 5.32 Å². The number of hydrogen-bond donors (Lipinski definition) is 1. The Bertz CT molecular complexity index is 853. The first-order chi connectivity index (χ1) is 12.3. The second kappa shape index (κ2) is 7.53. The van der Waals surface area contributed by atoms with Crippen LogP contribution in [0.2, 0.25) is 0 Å². The second-order valence-electron chi connectivity index (χ2n) is 6.48. The monoisotopic (exact) mass is 381 g/mol. The van der Waals surface area contributed by atoms with Crippen molar-refractivity contribution in [1.29, 1.82) is 0 Å². The van der Waals surface area contributed by atoms with Gasteiger partial charge in [0.2, 0.25) is 5.91 Å². The maximum Gasteiger partial charge on any atom is 0.267 e. The lowest BCUT2D eigenvalue weighted by atomic mass is 10.1. The minimum Gasteiger partial charge on any atom is -0.351 e. The van der Waals surface area contributed by atoms with Crippen molar-refractivity contribution in [3.8, 4) is 0 Å². The number of halogens is 1. The van der Waals surface area contributed by atoms with Gasteiger partial charge in [-0.15, -0.1) is 0 Å². The number of nitrogens with zero attached hydrogens (tertiary/aromatic N) is 2. The van der Waals surface area contributed by atoms with Crippen LogP contribution >= 0.6 is 0 Å². The zero-order chi connectivity index (χ0) is 18.7. The molecule has 26 heavy (non-hydrogen) atoms. The van der Waals surface area contributed by atoms with Crippen LogP contribution in [-0.2, 0) is 25.8 Å². The van der Waals surface area contributed by atoms with Gasteiger partial charge in [-0.05, 0) is 30.5 Å². The fourth-order valence-corrected chi connectivity index (χ4v) is 4.80. The molecular formula is C17H20FN3O4S. The molecule has 2 heterocycles. The molecule has 0 bridgehead atoms. The molecule has 2 amide bonds. The van der Waals surface area contributed by atoms with E-state index in [9.17, 15) is 22.4 Å². The molecule has 0 radical (unpaired) electrons. The van der Waals surface area contributed by atoms with Crippen LogP contribution in [0.25, 0.3) is 0 Å². The number of hydrogen-bond acceptors (Lipinski definition) is 5. The van der Waals surface area contributed by atoms with Gasteiger partial charge in [-0.1, -0.05) is 12.1 Å². The summed E-state index contributed by atoms with van der Waals surface area (Å²) in [6.45, 7) is 0.313. The number of amides is 2. The molecule has 2 aliphatic heterocycles. The molecule has 2 aliphatic rings. The van der Waals surface area contributed by atoms with Crippen LogP contribution in [0.15, 0.2) is 29.4 Å². The van der Waals surface area contributed by atoms with Crippen molar-refractivity contribution in [1.82, 2.24) is 10.3 Å². The summed E-state index contributed by atoms with van der Waals surface area (Å²) in [4.78, 5) is 24.3. The van der Waals surface area contributed by atoms with Gasteiger partial charge in [0.1, 0.15) is 11.5 Å². The average molecular weight is 381 g/mol. The lowest BCUT2D eigenvalue weighted by Gasteiger charge is -2.27. The molecule has 0 spiro atoms. The quantitative estimate of drug-likeness (QED) is 0.810. The standard InChI is InChI=1S/C17H20FN3O4S/c18-13-3-1-2-12(10-13)6-8-19-17(23)15-4-5-16(22)21(20-15)14-7-9-26(24,25)11-14/h1-3,10,14H,4-9,11H2,(H,19,23)/t14-/m1/s1. The van der Waals surface area contributed by atoms with E-state index in [1.165, 1.54) is 12.1 Å². The van der Waals surface area contributed by atoms with E-state index < -0.39 is 15.9 Å². The fourth-order valence-electron chi connectivity index (χ4n) is 3.10. The number of benzene rings is 1. The minimum atomic E-state index is -3.15. The normalized spacial score (nSPS) is 22.2. The molecule has 1 atom stereocenters. The molecule has 1 N–H and O–H groups in total. The van der Waals surface area contributed by atoms with E-state index in [1.807, 2.05) is 0 Å². The first-order valence-corrected chi connectivity index (χ1v) is 10.3. The van der Waals surface area contributed by atoms with E-state index in [4.69, 9.17) is 0 Å². The van der Waals surface area contributed by atoms with Crippen LogP contribution in [0.4, 0.5) is 4.39 Å². The van der Waals surface area contributed by atoms with Crippen LogP contribution in [0, 0.1) is 5.82 Å². The van der Waals surface area contributed by atoms with Crippen molar-refractivity contribution in [3.05, 3.63) is 35.6 Å². The van der Waals surface area contributed by atoms with E-state index in [0.29, 0.717) is 19.4 Å². The topological polar surface area (TPSA) is 95.9 Å². The Balaban J connectivity index is 1.59. The third kappa shape index (κ3) is 4.46. The second-order valence-corrected chi connectivity index (χ2v) is 8.71. The van der Waals surface area contributed by atoms with Crippen molar-refractivity contribution in [2.24, 2.45) is 5.10 Å². The molecule has 1 aromatic rings. The predicted molar refractivity (Wildman–Crippen MR) is 93.7 cm³/mol. The van der Waals surface area contributed by atoms with E-state index in [1.54, 1.807) is 12.1 Å². The number of nitrogens with one attached hydrogen (secondary N) is 1. The summed E-state index contributed by atoms with van der Waals surface area (Å²) in [5.41, 5.74) is 0.983. The number of carbonyl (C=O) groups is 2. The van der Waals surface area contributed by atoms with Gasteiger partial charge < -0.3 is 5.32 Å². The van der Waals surface area contributed by atoms with E-state index in [-0.39, 0.29) is 47.7 Å². The number of sulfone groups is 1. The number of rotatable bonds is 5. The third-order valence-corrected chi connectivity index (χ3v) is 6.21. The van der Waals surface area contributed by atoms with E-state index in [2.05, 4.69) is 10.4 Å².